The summed E-state index contributed by atoms with van der Waals surface area (Å²) in [5.74, 6) is 0. The van der Waals surface area contributed by atoms with Gasteiger partial charge in [0.15, 0.2) is 0 Å². The van der Waals surface area contributed by atoms with Crippen LogP contribution in [0.1, 0.15) is 39.1 Å². The standard InChI is InChI=1S/C40H31BF2N2/c1-26-13-12-18-31(23-26)35-25-36(29-14-6-4-7-15-29)44-38(35)37(30-16-8-5-9-17-30)40-33-20-11-10-19-32(33)39(45(40)41(42)43)34-24-27(2)21-22-28(34)3/h4-25H,1-3H3/b38-37-. The molecule has 218 valence electrons. The Labute approximate surface area is 262 Å². The van der Waals surface area contributed by atoms with E-state index in [1.807, 2.05) is 123 Å². The van der Waals surface area contributed by atoms with Gasteiger partial charge in [0.1, 0.15) is 0 Å². The molecule has 0 N–H and O–H groups in total. The molecule has 0 spiro atoms. The molecule has 45 heavy (non-hydrogen) atoms. The molecule has 5 aromatic carbocycles. The van der Waals surface area contributed by atoms with Crippen molar-refractivity contribution in [3.63, 3.8) is 0 Å². The van der Waals surface area contributed by atoms with E-state index in [-0.39, 0.29) is 0 Å². The van der Waals surface area contributed by atoms with Gasteiger partial charge in [-0.05, 0) is 49.6 Å². The Morgan fingerprint density at radius 3 is 2.00 bits per heavy atom. The fourth-order valence-electron chi connectivity index (χ4n) is 6.37. The highest BCUT2D eigenvalue weighted by Gasteiger charge is 2.33. The van der Waals surface area contributed by atoms with Crippen molar-refractivity contribution in [2.75, 3.05) is 0 Å². The second kappa shape index (κ2) is 11.7. The molecule has 0 aliphatic carbocycles. The van der Waals surface area contributed by atoms with E-state index in [1.165, 1.54) is 4.48 Å². The highest BCUT2D eigenvalue weighted by molar-refractivity contribution is 6.44. The van der Waals surface area contributed by atoms with Crippen LogP contribution in [0.4, 0.5) is 8.63 Å². The molecule has 1 aromatic heterocycles. The quantitative estimate of drug-likeness (QED) is 0.172. The van der Waals surface area contributed by atoms with Crippen LogP contribution in [0.5, 0.6) is 0 Å². The summed E-state index contributed by atoms with van der Waals surface area (Å²) in [6, 6.07) is 41.9. The molecule has 1 aliphatic heterocycles. The first-order chi connectivity index (χ1) is 21.9. The lowest BCUT2D eigenvalue weighted by atomic mass is 9.91. The van der Waals surface area contributed by atoms with Crippen molar-refractivity contribution in [3.8, 4) is 11.3 Å². The van der Waals surface area contributed by atoms with Crippen molar-refractivity contribution in [1.82, 2.24) is 4.48 Å². The fourth-order valence-corrected chi connectivity index (χ4v) is 6.37. The topological polar surface area (TPSA) is 17.3 Å². The minimum Gasteiger partial charge on any atom is -0.324 e. The van der Waals surface area contributed by atoms with Crippen LogP contribution < -0.4 is 0 Å². The van der Waals surface area contributed by atoms with Crippen LogP contribution in [0.2, 0.25) is 0 Å². The Morgan fingerprint density at radius 2 is 1.29 bits per heavy atom. The molecule has 0 saturated carbocycles. The lowest BCUT2D eigenvalue weighted by Crippen LogP contribution is -2.18. The molecule has 1 aliphatic rings. The van der Waals surface area contributed by atoms with Gasteiger partial charge in [-0.1, -0.05) is 132 Å². The van der Waals surface area contributed by atoms with Gasteiger partial charge in [0.2, 0.25) is 0 Å². The predicted molar refractivity (Wildman–Crippen MR) is 185 cm³/mol. The number of allylic oxidation sites excluding steroid dienone is 2. The highest BCUT2D eigenvalue weighted by Crippen LogP contribution is 2.45. The molecular weight excluding hydrogens is 557 g/mol. The SMILES string of the molecule is Cc1cccc(C2=CC(c3ccccc3)=N/C2=C(/c2ccccc2)c2c3ccccc3c(-c3cc(C)ccc3C)n2B(F)F)c1. The third kappa shape index (κ3) is 5.14. The van der Waals surface area contributed by atoms with Crippen LogP contribution in [0.3, 0.4) is 0 Å². The van der Waals surface area contributed by atoms with Crippen LogP contribution in [0, 0.1) is 20.8 Å². The van der Waals surface area contributed by atoms with E-state index in [0.717, 1.165) is 61.0 Å². The van der Waals surface area contributed by atoms with Gasteiger partial charge in [0.05, 0.1) is 17.1 Å². The van der Waals surface area contributed by atoms with Crippen LogP contribution in [0.25, 0.3) is 33.2 Å². The average molecular weight is 589 g/mol. The number of rotatable bonds is 6. The smallest absolute Gasteiger partial charge is 0.324 e. The normalized spacial score (nSPS) is 14.0. The van der Waals surface area contributed by atoms with Crippen molar-refractivity contribution in [2.24, 2.45) is 4.99 Å². The summed E-state index contributed by atoms with van der Waals surface area (Å²) < 4.78 is 32.7. The Kier molecular flexibility index (Phi) is 7.38. The molecule has 0 amide bonds. The van der Waals surface area contributed by atoms with E-state index in [0.29, 0.717) is 22.7 Å². The number of hydrogen-bond donors (Lipinski definition) is 0. The number of fused-ring (bicyclic) bond motifs is 1. The molecule has 2 nitrogen and oxygen atoms in total. The van der Waals surface area contributed by atoms with Gasteiger partial charge in [-0.25, -0.2) is 4.99 Å². The van der Waals surface area contributed by atoms with Crippen molar-refractivity contribution in [2.45, 2.75) is 20.8 Å². The summed E-state index contributed by atoms with van der Waals surface area (Å²) in [7, 11) is -2.80. The van der Waals surface area contributed by atoms with Crippen molar-refractivity contribution in [1.29, 1.82) is 0 Å². The molecule has 0 saturated heterocycles. The molecular formula is C40H31BF2N2. The van der Waals surface area contributed by atoms with E-state index < -0.39 is 7.40 Å². The van der Waals surface area contributed by atoms with Gasteiger partial charge in [-0.3, -0.25) is 8.63 Å². The first kappa shape index (κ1) is 28.5. The van der Waals surface area contributed by atoms with Gasteiger partial charge >= 0.3 is 7.40 Å². The van der Waals surface area contributed by atoms with Crippen molar-refractivity contribution >= 4 is 35.0 Å². The number of benzene rings is 5. The Balaban J connectivity index is 1.65. The molecule has 0 atom stereocenters. The van der Waals surface area contributed by atoms with Crippen LogP contribution in [-0.4, -0.2) is 17.6 Å². The molecule has 0 bridgehead atoms. The lowest BCUT2D eigenvalue weighted by Gasteiger charge is -2.18. The Morgan fingerprint density at radius 1 is 0.644 bits per heavy atom. The van der Waals surface area contributed by atoms with Gasteiger partial charge in [0.25, 0.3) is 0 Å². The third-order valence-corrected chi connectivity index (χ3v) is 8.47. The van der Waals surface area contributed by atoms with Gasteiger partial charge in [-0.2, -0.15) is 0 Å². The summed E-state index contributed by atoms with van der Waals surface area (Å²) in [6.07, 6.45) is 2.09. The first-order valence-electron chi connectivity index (χ1n) is 15.1. The third-order valence-electron chi connectivity index (χ3n) is 8.47. The van der Waals surface area contributed by atoms with E-state index in [4.69, 9.17) is 4.99 Å². The number of halogens is 2. The zero-order valence-electron chi connectivity index (χ0n) is 25.4. The van der Waals surface area contributed by atoms with Gasteiger partial charge in [0, 0.05) is 38.7 Å². The molecule has 0 unspecified atom stereocenters. The Bertz CT molecular complexity index is 2160. The molecule has 0 radical (unpaired) electrons. The highest BCUT2D eigenvalue weighted by atomic mass is 19.2. The zero-order chi connectivity index (χ0) is 31.1. The Hall–Kier alpha value is -5.29. The summed E-state index contributed by atoms with van der Waals surface area (Å²) >= 11 is 0. The fraction of sp³-hybridized carbons (Fsp3) is 0.0750. The number of nitrogens with zero attached hydrogens (tertiary/aromatic N) is 2. The predicted octanol–water partition coefficient (Wildman–Crippen LogP) is 10.4. The van der Waals surface area contributed by atoms with Crippen molar-refractivity contribution in [3.05, 3.63) is 178 Å². The number of aliphatic imine (C=N–C) groups is 1. The number of hydrogen-bond acceptors (Lipinski definition) is 1. The second-order valence-corrected chi connectivity index (χ2v) is 11.6. The van der Waals surface area contributed by atoms with E-state index in [9.17, 15) is 0 Å². The largest absolute Gasteiger partial charge is 0.678 e. The van der Waals surface area contributed by atoms with Crippen molar-refractivity contribution < 1.29 is 8.63 Å². The molecule has 2 heterocycles. The van der Waals surface area contributed by atoms with Gasteiger partial charge < -0.3 is 4.48 Å². The number of aromatic nitrogens is 1. The summed E-state index contributed by atoms with van der Waals surface area (Å²) in [6.45, 7) is 6.04. The summed E-state index contributed by atoms with van der Waals surface area (Å²) in [5, 5.41) is 1.54. The van der Waals surface area contributed by atoms with E-state index >= 15 is 8.63 Å². The van der Waals surface area contributed by atoms with E-state index in [2.05, 4.69) is 31.2 Å². The van der Waals surface area contributed by atoms with E-state index in [1.54, 1.807) is 0 Å². The monoisotopic (exact) mass is 588 g/mol. The molecule has 6 aromatic rings. The number of aryl methyl sites for hydroxylation is 3. The minimum atomic E-state index is -2.80. The van der Waals surface area contributed by atoms with Crippen LogP contribution in [-0.2, 0) is 0 Å². The maximum Gasteiger partial charge on any atom is 0.678 e. The zero-order valence-corrected chi connectivity index (χ0v) is 25.4. The first-order valence-corrected chi connectivity index (χ1v) is 15.1. The average Bonchev–Trinajstić information content (AvgIpc) is 3.64. The van der Waals surface area contributed by atoms with Crippen LogP contribution >= 0.6 is 0 Å². The van der Waals surface area contributed by atoms with Gasteiger partial charge in [-0.15, -0.1) is 0 Å². The molecule has 7 rings (SSSR count). The maximum absolute atomic E-state index is 15.7. The summed E-state index contributed by atoms with van der Waals surface area (Å²) in [5.41, 5.74) is 10.6. The minimum absolute atomic E-state index is 0.453. The summed E-state index contributed by atoms with van der Waals surface area (Å²) in [4.78, 5) is 5.27. The van der Waals surface area contributed by atoms with Crippen LogP contribution in [0.15, 0.2) is 144 Å². The maximum atomic E-state index is 15.7. The molecule has 0 fully saturated rings. The second-order valence-electron chi connectivity index (χ2n) is 11.6. The molecule has 5 heteroatoms. The lowest BCUT2D eigenvalue weighted by molar-refractivity contribution is 0.630.